The van der Waals surface area contributed by atoms with Crippen LogP contribution in [0.3, 0.4) is 0 Å². The lowest BCUT2D eigenvalue weighted by molar-refractivity contribution is 0.833. The zero-order valence-corrected chi connectivity index (χ0v) is 25.9. The third-order valence-electron chi connectivity index (χ3n) is 8.52. The number of hydrogen-bond acceptors (Lipinski definition) is 2. The Morgan fingerprint density at radius 3 is 1.13 bits per heavy atom. The average molecular weight is 528 g/mol. The maximum absolute atomic E-state index is 2.75. The van der Waals surface area contributed by atoms with Crippen molar-refractivity contribution in [3.05, 3.63) is 106 Å². The highest BCUT2D eigenvalue weighted by Gasteiger charge is 2.43. The molecule has 1 radical (unpaired) electrons. The van der Waals surface area contributed by atoms with E-state index in [9.17, 15) is 0 Å². The average Bonchev–Trinajstić information content (AvgIpc) is 3.45. The van der Waals surface area contributed by atoms with Crippen LogP contribution in [0.15, 0.2) is 72.8 Å². The molecule has 197 valence electrons. The van der Waals surface area contributed by atoms with Crippen LogP contribution in [-0.2, 0) is 0 Å². The van der Waals surface area contributed by atoms with Crippen molar-refractivity contribution in [3.63, 3.8) is 0 Å². The first-order valence-electron chi connectivity index (χ1n) is 14.7. The van der Waals surface area contributed by atoms with Crippen molar-refractivity contribution in [1.82, 2.24) is 0 Å². The highest BCUT2D eigenvalue weighted by Crippen LogP contribution is 2.54. The molecule has 39 heavy (non-hydrogen) atoms. The number of fused-ring (bicyclic) bond motifs is 2. The Bertz CT molecular complexity index is 1440. The van der Waals surface area contributed by atoms with Crippen LogP contribution in [0.1, 0.15) is 112 Å². The molecule has 0 saturated carbocycles. The number of anilines is 2. The number of rotatable bonds is 6. The van der Waals surface area contributed by atoms with E-state index in [2.05, 4.69) is 136 Å². The summed E-state index contributed by atoms with van der Waals surface area (Å²) in [7, 11) is 0. The Kier molecular flexibility index (Phi) is 6.65. The molecular weight excluding hydrogens is 487 g/mol. The first kappa shape index (κ1) is 26.2. The molecule has 0 aromatic heterocycles. The molecule has 0 fully saturated rings. The van der Waals surface area contributed by atoms with E-state index in [4.69, 9.17) is 0 Å². The van der Waals surface area contributed by atoms with Gasteiger partial charge < -0.3 is 7.77 Å². The van der Waals surface area contributed by atoms with Crippen LogP contribution in [0.5, 0.6) is 0 Å². The fourth-order valence-corrected chi connectivity index (χ4v) is 8.44. The Morgan fingerprint density at radius 2 is 0.795 bits per heavy atom. The number of hydrogen-bond donors (Lipinski definition) is 0. The van der Waals surface area contributed by atoms with Crippen LogP contribution >= 0.6 is 0 Å². The summed E-state index contributed by atoms with van der Waals surface area (Å²) < 4.78 is 5.49. The van der Waals surface area contributed by atoms with Crippen LogP contribution in [0, 0.1) is 0 Å². The van der Waals surface area contributed by atoms with Gasteiger partial charge in [-0.2, -0.15) is 0 Å². The summed E-state index contributed by atoms with van der Waals surface area (Å²) >= 11 is -0.232. The van der Waals surface area contributed by atoms with Gasteiger partial charge in [0.2, 0.25) is 0 Å². The summed E-state index contributed by atoms with van der Waals surface area (Å²) in [6.45, 7) is 18.7. The fourth-order valence-electron chi connectivity index (χ4n) is 6.63. The zero-order chi connectivity index (χ0) is 27.6. The molecule has 0 saturated heterocycles. The molecule has 0 N–H and O–H groups in total. The third-order valence-corrected chi connectivity index (χ3v) is 10.0. The van der Waals surface area contributed by atoms with E-state index in [0.29, 0.717) is 23.7 Å². The van der Waals surface area contributed by atoms with Crippen molar-refractivity contribution in [2.24, 2.45) is 0 Å². The van der Waals surface area contributed by atoms with Gasteiger partial charge in [0.1, 0.15) is 0 Å². The Balaban J connectivity index is 1.70. The van der Waals surface area contributed by atoms with Gasteiger partial charge in [-0.05, 0) is 51.3 Å². The number of para-hydroxylation sites is 2. The van der Waals surface area contributed by atoms with Gasteiger partial charge >= 0.3 is 15.7 Å². The lowest BCUT2D eigenvalue weighted by Gasteiger charge is -2.33. The van der Waals surface area contributed by atoms with Gasteiger partial charge in [-0.15, -0.1) is 0 Å². The summed E-state index contributed by atoms with van der Waals surface area (Å²) in [4.78, 5) is 0. The molecule has 4 aromatic rings. The van der Waals surface area contributed by atoms with Crippen molar-refractivity contribution in [1.29, 1.82) is 0 Å². The highest BCUT2D eigenvalue weighted by molar-refractivity contribution is 6.60. The van der Waals surface area contributed by atoms with Crippen LogP contribution in [0.25, 0.3) is 22.2 Å². The van der Waals surface area contributed by atoms with Gasteiger partial charge in [0.05, 0.1) is 0 Å². The minimum atomic E-state index is -0.232. The smallest absolute Gasteiger partial charge is 0.419 e. The Labute approximate surface area is 241 Å². The molecule has 0 amide bonds. The monoisotopic (exact) mass is 527 g/mol. The first-order valence-corrected chi connectivity index (χ1v) is 15.7. The van der Waals surface area contributed by atoms with Crippen molar-refractivity contribution in [2.45, 2.75) is 79.1 Å². The maximum Gasteiger partial charge on any atom is 0.564 e. The normalized spacial score (nSPS) is 14.6. The summed E-state index contributed by atoms with van der Waals surface area (Å²) in [5.74, 6) is 1.80. The van der Waals surface area contributed by atoms with Crippen LogP contribution in [-0.4, -0.2) is 15.7 Å². The second kappa shape index (κ2) is 9.88. The van der Waals surface area contributed by atoms with Crippen LogP contribution < -0.4 is 7.77 Å². The van der Waals surface area contributed by atoms with Crippen LogP contribution in [0.4, 0.5) is 11.4 Å². The van der Waals surface area contributed by atoms with Gasteiger partial charge in [0, 0.05) is 39.3 Å². The molecule has 1 aliphatic carbocycles. The molecule has 1 heterocycles. The molecule has 1 aliphatic heterocycles. The van der Waals surface area contributed by atoms with Gasteiger partial charge in [0.15, 0.2) is 0 Å². The van der Waals surface area contributed by atoms with E-state index in [1.165, 1.54) is 66.9 Å². The number of benzene rings is 4. The Hall–Kier alpha value is -2.99. The van der Waals surface area contributed by atoms with Gasteiger partial charge in [-0.3, -0.25) is 0 Å². The number of nitrogens with zero attached hydrogens (tertiary/aromatic N) is 2. The van der Waals surface area contributed by atoms with Gasteiger partial charge in [-0.1, -0.05) is 128 Å². The van der Waals surface area contributed by atoms with Crippen LogP contribution in [0.2, 0.25) is 0 Å². The van der Waals surface area contributed by atoms with E-state index in [0.717, 1.165) is 0 Å². The molecule has 0 unspecified atom stereocenters. The predicted octanol–water partition coefficient (Wildman–Crippen LogP) is 10.0. The molecular formula is C36H40AlN2. The van der Waals surface area contributed by atoms with E-state index < -0.39 is 0 Å². The summed E-state index contributed by atoms with van der Waals surface area (Å²) in [5.41, 5.74) is 14.2. The zero-order valence-electron chi connectivity index (χ0n) is 24.7. The van der Waals surface area contributed by atoms with Crippen molar-refractivity contribution >= 4 is 49.2 Å². The molecule has 0 atom stereocenters. The van der Waals surface area contributed by atoms with E-state index in [1.807, 2.05) is 0 Å². The summed E-state index contributed by atoms with van der Waals surface area (Å²) in [6.07, 6.45) is 0. The quantitative estimate of drug-likeness (QED) is 0.230. The molecule has 3 heteroatoms. The van der Waals surface area contributed by atoms with Gasteiger partial charge in [0.25, 0.3) is 0 Å². The second-order valence-corrected chi connectivity index (χ2v) is 13.7. The SMILES string of the molecule is CC(C)c1cccc(C(C)C)c1[N]1[Al][N](c2c(C(C)C)cccc2C(C)C)C2=C1c1cccc3cccc2c13. The van der Waals surface area contributed by atoms with E-state index in [1.54, 1.807) is 0 Å². The topological polar surface area (TPSA) is 6.48 Å². The standard InChI is InChI=1S/C36H40N2.Al/c1-21(2)26-15-11-16-27(22(3)4)33(26)37-35-30-19-9-13-25-14-10-20-31(32(25)30)36(35)38-34-28(23(5)6)17-12-18-29(34)24(7)8;/h9-24H,1-8H3;/q-2;+2. The molecule has 0 bridgehead atoms. The largest absolute Gasteiger partial charge is 0.564 e. The molecule has 2 nitrogen and oxygen atoms in total. The third kappa shape index (κ3) is 4.05. The minimum Gasteiger partial charge on any atom is -0.419 e. The lowest BCUT2D eigenvalue weighted by Crippen LogP contribution is -2.35. The van der Waals surface area contributed by atoms with E-state index >= 15 is 0 Å². The minimum absolute atomic E-state index is 0.232. The van der Waals surface area contributed by atoms with Gasteiger partial charge in [-0.25, -0.2) is 0 Å². The predicted molar refractivity (Wildman–Crippen MR) is 171 cm³/mol. The Morgan fingerprint density at radius 1 is 0.462 bits per heavy atom. The fraction of sp³-hybridized carbons (Fsp3) is 0.333. The lowest BCUT2D eigenvalue weighted by atomic mass is 9.92. The molecule has 4 aromatic carbocycles. The summed E-state index contributed by atoms with van der Waals surface area (Å²) in [5, 5.41) is 2.73. The highest BCUT2D eigenvalue weighted by atomic mass is 27.1. The van der Waals surface area contributed by atoms with E-state index in [-0.39, 0.29) is 15.7 Å². The second-order valence-electron chi connectivity index (χ2n) is 12.5. The van der Waals surface area contributed by atoms with Crippen molar-refractivity contribution in [3.8, 4) is 0 Å². The molecule has 2 aliphatic rings. The van der Waals surface area contributed by atoms with Crippen molar-refractivity contribution in [2.75, 3.05) is 7.77 Å². The molecule has 6 rings (SSSR count). The summed E-state index contributed by atoms with van der Waals surface area (Å²) in [6, 6.07) is 27.7. The first-order chi connectivity index (χ1) is 18.7. The maximum atomic E-state index is 2.75. The van der Waals surface area contributed by atoms with Crippen molar-refractivity contribution < 1.29 is 0 Å². The molecule has 0 spiro atoms.